The van der Waals surface area contributed by atoms with Crippen molar-refractivity contribution in [2.24, 2.45) is 0 Å². The smallest absolute Gasteiger partial charge is 0.325 e. The zero-order valence-corrected chi connectivity index (χ0v) is 14.6. The first-order valence-corrected chi connectivity index (χ1v) is 8.52. The minimum absolute atomic E-state index is 0.0366. The van der Waals surface area contributed by atoms with Gasteiger partial charge in [0.25, 0.3) is 5.78 Å². The van der Waals surface area contributed by atoms with Crippen molar-refractivity contribution < 1.29 is 18.0 Å². The van der Waals surface area contributed by atoms with Crippen LogP contribution in [0.5, 0.6) is 0 Å². The van der Waals surface area contributed by atoms with Crippen LogP contribution < -0.4 is 5.32 Å². The Kier molecular flexibility index (Phi) is 4.86. The molecule has 0 saturated carbocycles. The lowest BCUT2D eigenvalue weighted by molar-refractivity contribution is -0.137. The van der Waals surface area contributed by atoms with Gasteiger partial charge in [0.15, 0.2) is 0 Å². The topological polar surface area (TPSA) is 72.2 Å². The number of thioether (sulfide) groups is 1. The molecule has 1 amide bonds. The van der Waals surface area contributed by atoms with E-state index in [1.165, 1.54) is 12.1 Å². The van der Waals surface area contributed by atoms with E-state index in [9.17, 15) is 18.0 Å². The van der Waals surface area contributed by atoms with Crippen molar-refractivity contribution in [1.29, 1.82) is 0 Å². The number of amides is 1. The Labute approximate surface area is 150 Å². The molecule has 0 spiro atoms. The van der Waals surface area contributed by atoms with Gasteiger partial charge in [-0.2, -0.15) is 18.2 Å². The van der Waals surface area contributed by atoms with Crippen LogP contribution in [0.15, 0.2) is 35.5 Å². The third-order valence-electron chi connectivity index (χ3n) is 3.40. The Morgan fingerprint density at radius 2 is 2.00 bits per heavy atom. The van der Waals surface area contributed by atoms with E-state index >= 15 is 0 Å². The molecule has 0 atom stereocenters. The summed E-state index contributed by atoms with van der Waals surface area (Å²) in [4.78, 5) is 20.5. The molecule has 0 aliphatic heterocycles. The van der Waals surface area contributed by atoms with Gasteiger partial charge in [0.05, 0.1) is 11.3 Å². The van der Waals surface area contributed by atoms with Gasteiger partial charge in [-0.05, 0) is 38.1 Å². The highest BCUT2D eigenvalue weighted by atomic mass is 32.2. The molecule has 3 aromatic rings. The molecule has 0 fully saturated rings. The summed E-state index contributed by atoms with van der Waals surface area (Å²) < 4.78 is 39.7. The predicted octanol–water partition coefficient (Wildman–Crippen LogP) is 3.49. The van der Waals surface area contributed by atoms with E-state index in [1.54, 1.807) is 4.52 Å². The Hall–Kier alpha value is -2.62. The highest BCUT2D eigenvalue weighted by Gasteiger charge is 2.30. The Morgan fingerprint density at radius 1 is 1.23 bits per heavy atom. The molecule has 3 rings (SSSR count). The molecule has 0 aliphatic rings. The maximum Gasteiger partial charge on any atom is 0.416 e. The number of benzene rings is 1. The molecule has 1 aromatic carbocycles. The number of fused-ring (bicyclic) bond motifs is 1. The van der Waals surface area contributed by atoms with Crippen molar-refractivity contribution >= 4 is 29.1 Å². The minimum Gasteiger partial charge on any atom is -0.325 e. The van der Waals surface area contributed by atoms with Crippen molar-refractivity contribution in [1.82, 2.24) is 19.6 Å². The maximum absolute atomic E-state index is 12.7. The van der Waals surface area contributed by atoms with E-state index in [2.05, 4.69) is 20.4 Å². The van der Waals surface area contributed by atoms with E-state index in [0.29, 0.717) is 10.9 Å². The first kappa shape index (κ1) is 18.2. The molecule has 1 N–H and O–H groups in total. The molecule has 0 bridgehead atoms. The van der Waals surface area contributed by atoms with E-state index in [0.717, 1.165) is 35.3 Å². The van der Waals surface area contributed by atoms with Crippen LogP contribution in [0.2, 0.25) is 0 Å². The molecule has 0 saturated heterocycles. The number of carbonyl (C=O) groups is 1. The maximum atomic E-state index is 12.7. The number of hydrogen-bond donors (Lipinski definition) is 1. The first-order valence-electron chi connectivity index (χ1n) is 7.53. The Balaban J connectivity index is 1.65. The first-order chi connectivity index (χ1) is 12.2. The Morgan fingerprint density at radius 3 is 2.73 bits per heavy atom. The highest BCUT2D eigenvalue weighted by Crippen LogP contribution is 2.30. The van der Waals surface area contributed by atoms with Gasteiger partial charge >= 0.3 is 6.18 Å². The van der Waals surface area contributed by atoms with Crippen molar-refractivity contribution in [2.75, 3.05) is 11.1 Å². The highest BCUT2D eigenvalue weighted by molar-refractivity contribution is 7.99. The number of anilines is 1. The van der Waals surface area contributed by atoms with E-state index < -0.39 is 17.6 Å². The van der Waals surface area contributed by atoms with E-state index in [-0.39, 0.29) is 11.4 Å². The SMILES string of the molecule is Cc1cc(C)n2nc(SCC(=O)Nc3cccc(C(F)(F)F)c3)nc2n1. The average Bonchev–Trinajstić information content (AvgIpc) is 2.96. The van der Waals surface area contributed by atoms with Crippen molar-refractivity contribution in [3.63, 3.8) is 0 Å². The lowest BCUT2D eigenvalue weighted by Crippen LogP contribution is -2.15. The summed E-state index contributed by atoms with van der Waals surface area (Å²) in [5.41, 5.74) is 0.935. The monoisotopic (exact) mass is 381 g/mol. The van der Waals surface area contributed by atoms with Gasteiger partial charge in [0.2, 0.25) is 11.1 Å². The summed E-state index contributed by atoms with van der Waals surface area (Å²) in [6.45, 7) is 3.71. The summed E-state index contributed by atoms with van der Waals surface area (Å²) in [5, 5.41) is 7.06. The summed E-state index contributed by atoms with van der Waals surface area (Å²) in [6, 6.07) is 6.34. The van der Waals surface area contributed by atoms with Gasteiger partial charge in [-0.15, -0.1) is 5.10 Å². The zero-order chi connectivity index (χ0) is 18.9. The normalized spacial score (nSPS) is 11.7. The molecular weight excluding hydrogens is 367 g/mol. The van der Waals surface area contributed by atoms with Crippen molar-refractivity contribution in [3.05, 3.63) is 47.3 Å². The van der Waals surface area contributed by atoms with Crippen LogP contribution in [-0.2, 0) is 11.0 Å². The van der Waals surface area contributed by atoms with Gasteiger partial charge < -0.3 is 5.32 Å². The van der Waals surface area contributed by atoms with Crippen molar-refractivity contribution in [3.8, 4) is 0 Å². The number of rotatable bonds is 4. The van der Waals surface area contributed by atoms with E-state index in [4.69, 9.17) is 0 Å². The lowest BCUT2D eigenvalue weighted by Gasteiger charge is -2.09. The van der Waals surface area contributed by atoms with Crippen LogP contribution in [0, 0.1) is 13.8 Å². The summed E-state index contributed by atoms with van der Waals surface area (Å²) in [7, 11) is 0. The minimum atomic E-state index is -4.46. The van der Waals surface area contributed by atoms with Crippen LogP contribution >= 0.6 is 11.8 Å². The second-order valence-corrected chi connectivity index (χ2v) is 6.50. The number of nitrogens with one attached hydrogen (secondary N) is 1. The standard InChI is InChI=1S/C16H14F3N5OS/c1-9-6-10(2)24-14(20-9)22-15(23-24)26-8-13(25)21-12-5-3-4-11(7-12)16(17,18)19/h3-7H,8H2,1-2H3,(H,21,25). The van der Waals surface area contributed by atoms with Gasteiger partial charge in [-0.25, -0.2) is 9.50 Å². The lowest BCUT2D eigenvalue weighted by atomic mass is 10.2. The second kappa shape index (κ2) is 6.94. The fraction of sp³-hybridized carbons (Fsp3) is 0.250. The molecule has 136 valence electrons. The average molecular weight is 381 g/mol. The van der Waals surface area contributed by atoms with Crippen LogP contribution in [-0.4, -0.2) is 31.2 Å². The number of alkyl halides is 3. The summed E-state index contributed by atoms with van der Waals surface area (Å²) in [6.07, 6.45) is -4.46. The fourth-order valence-electron chi connectivity index (χ4n) is 2.31. The molecule has 0 unspecified atom stereocenters. The number of hydrogen-bond acceptors (Lipinski definition) is 5. The quantitative estimate of drug-likeness (QED) is 0.701. The number of aromatic nitrogens is 4. The predicted molar refractivity (Wildman–Crippen MR) is 91.1 cm³/mol. The van der Waals surface area contributed by atoms with Crippen LogP contribution in [0.1, 0.15) is 17.0 Å². The molecular formula is C16H14F3N5OS. The van der Waals surface area contributed by atoms with Crippen LogP contribution in [0.4, 0.5) is 18.9 Å². The molecule has 26 heavy (non-hydrogen) atoms. The van der Waals surface area contributed by atoms with Gasteiger partial charge in [-0.3, -0.25) is 4.79 Å². The van der Waals surface area contributed by atoms with E-state index in [1.807, 2.05) is 19.9 Å². The third-order valence-corrected chi connectivity index (χ3v) is 4.24. The number of carbonyl (C=O) groups excluding carboxylic acids is 1. The third kappa shape index (κ3) is 4.13. The number of halogens is 3. The summed E-state index contributed by atoms with van der Waals surface area (Å²) >= 11 is 1.08. The molecule has 0 radical (unpaired) electrons. The van der Waals surface area contributed by atoms with Gasteiger partial charge in [0.1, 0.15) is 0 Å². The summed E-state index contributed by atoms with van der Waals surface area (Å²) in [5.74, 6) is -0.0529. The zero-order valence-electron chi connectivity index (χ0n) is 13.8. The molecule has 2 aromatic heterocycles. The molecule has 0 aliphatic carbocycles. The molecule has 2 heterocycles. The molecule has 10 heteroatoms. The van der Waals surface area contributed by atoms with Gasteiger partial charge in [-0.1, -0.05) is 17.8 Å². The largest absolute Gasteiger partial charge is 0.416 e. The van der Waals surface area contributed by atoms with Gasteiger partial charge in [0, 0.05) is 17.1 Å². The Bertz CT molecular complexity index is 970. The van der Waals surface area contributed by atoms with Crippen LogP contribution in [0.25, 0.3) is 5.78 Å². The second-order valence-electron chi connectivity index (χ2n) is 5.56. The number of nitrogens with zero attached hydrogens (tertiary/aromatic N) is 4. The van der Waals surface area contributed by atoms with Crippen LogP contribution in [0.3, 0.4) is 0 Å². The fourth-order valence-corrected chi connectivity index (χ4v) is 2.93. The van der Waals surface area contributed by atoms with Crippen molar-refractivity contribution in [2.45, 2.75) is 25.2 Å². The number of aryl methyl sites for hydroxylation is 2. The molecule has 6 nitrogen and oxygen atoms in total.